The van der Waals surface area contributed by atoms with E-state index in [1.807, 2.05) is 12.1 Å². The number of fused-ring (bicyclic) bond motifs is 1. The average Bonchev–Trinajstić information content (AvgIpc) is 2.35. The maximum absolute atomic E-state index is 12.2. The molecule has 0 spiro atoms. The molecule has 0 fully saturated rings. The number of nitrogens with one attached hydrogen (secondary N) is 1. The first-order chi connectivity index (χ1) is 8.18. The summed E-state index contributed by atoms with van der Waals surface area (Å²) in [6, 6.07) is 8.30. The summed E-state index contributed by atoms with van der Waals surface area (Å²) < 4.78 is 0. The molecule has 1 heterocycles. The molecule has 1 aromatic rings. The summed E-state index contributed by atoms with van der Waals surface area (Å²) in [4.78, 5) is 12.2. The number of hydrogen-bond donors (Lipinski definition) is 1. The Balaban J connectivity index is 2.10. The number of hydrogen-bond acceptors (Lipinski definition) is 2. The monoisotopic (exact) mass is 231 g/mol. The summed E-state index contributed by atoms with van der Waals surface area (Å²) in [6.07, 6.45) is 1.70. The highest BCUT2D eigenvalue weighted by molar-refractivity contribution is 5.86. The van der Waals surface area contributed by atoms with E-state index >= 15 is 0 Å². The second kappa shape index (κ2) is 5.46. The van der Waals surface area contributed by atoms with E-state index in [9.17, 15) is 4.79 Å². The summed E-state index contributed by atoms with van der Waals surface area (Å²) in [6.45, 7) is 6.03. The lowest BCUT2D eigenvalue weighted by atomic mass is 9.85. The second-order valence-corrected chi connectivity index (χ2v) is 5.28. The zero-order valence-corrected chi connectivity index (χ0v) is 10.7. The van der Waals surface area contributed by atoms with Crippen LogP contribution in [0, 0.1) is 5.92 Å². The van der Waals surface area contributed by atoms with Gasteiger partial charge in [-0.15, -0.1) is 0 Å². The molecule has 1 aliphatic rings. The third-order valence-corrected chi connectivity index (χ3v) is 3.45. The van der Waals surface area contributed by atoms with Crippen LogP contribution < -0.4 is 5.32 Å². The number of Topliss-reactive ketones (excluding diaryl/α,β-unsaturated/α-hetero) is 1. The van der Waals surface area contributed by atoms with E-state index in [0.29, 0.717) is 18.1 Å². The molecule has 1 N–H and O–H groups in total. The van der Waals surface area contributed by atoms with Gasteiger partial charge in [0.2, 0.25) is 0 Å². The highest BCUT2D eigenvalue weighted by Gasteiger charge is 2.25. The van der Waals surface area contributed by atoms with Gasteiger partial charge in [-0.25, -0.2) is 0 Å². The van der Waals surface area contributed by atoms with Crippen molar-refractivity contribution >= 4 is 5.78 Å². The molecule has 1 aliphatic heterocycles. The Bertz CT molecular complexity index is 398. The smallest absolute Gasteiger partial charge is 0.141 e. The van der Waals surface area contributed by atoms with E-state index in [4.69, 9.17) is 0 Å². The Hall–Kier alpha value is -1.15. The molecular formula is C15H21NO. The number of rotatable bonds is 4. The van der Waals surface area contributed by atoms with Crippen LogP contribution in [0.1, 0.15) is 43.7 Å². The molecule has 0 aromatic heterocycles. The molecule has 0 amide bonds. The van der Waals surface area contributed by atoms with E-state index in [-0.39, 0.29) is 5.92 Å². The van der Waals surface area contributed by atoms with Gasteiger partial charge >= 0.3 is 0 Å². The Labute approximate surface area is 103 Å². The van der Waals surface area contributed by atoms with Crippen molar-refractivity contribution in [3.8, 4) is 0 Å². The molecule has 1 unspecified atom stereocenters. The van der Waals surface area contributed by atoms with Crippen molar-refractivity contribution in [1.82, 2.24) is 5.32 Å². The molecule has 2 heteroatoms. The maximum Gasteiger partial charge on any atom is 0.141 e. The molecule has 2 nitrogen and oxygen atoms in total. The van der Waals surface area contributed by atoms with Gasteiger partial charge in [0, 0.05) is 19.5 Å². The number of ketones is 1. The van der Waals surface area contributed by atoms with Crippen LogP contribution in [0.3, 0.4) is 0 Å². The first-order valence-electron chi connectivity index (χ1n) is 6.49. The molecule has 0 radical (unpaired) electrons. The minimum absolute atomic E-state index is 0.0682. The number of carbonyl (C=O) groups excluding carboxylic acids is 1. The minimum Gasteiger partial charge on any atom is -0.312 e. The fourth-order valence-corrected chi connectivity index (χ4v) is 2.39. The normalized spacial score (nSPS) is 19.1. The molecule has 0 saturated carbocycles. The highest BCUT2D eigenvalue weighted by Crippen LogP contribution is 2.26. The van der Waals surface area contributed by atoms with Gasteiger partial charge in [-0.2, -0.15) is 0 Å². The molecule has 2 rings (SSSR count). The summed E-state index contributed by atoms with van der Waals surface area (Å²) in [5.74, 6) is 1.06. The third kappa shape index (κ3) is 2.95. The quantitative estimate of drug-likeness (QED) is 0.863. The van der Waals surface area contributed by atoms with Gasteiger partial charge in [-0.3, -0.25) is 4.79 Å². The van der Waals surface area contributed by atoms with Crippen LogP contribution in [0.25, 0.3) is 0 Å². The van der Waals surface area contributed by atoms with Crippen molar-refractivity contribution in [1.29, 1.82) is 0 Å². The van der Waals surface area contributed by atoms with E-state index in [1.165, 1.54) is 11.1 Å². The van der Waals surface area contributed by atoms with E-state index in [2.05, 4.69) is 31.3 Å². The molecule has 17 heavy (non-hydrogen) atoms. The van der Waals surface area contributed by atoms with Gasteiger partial charge in [-0.1, -0.05) is 38.1 Å². The first kappa shape index (κ1) is 12.3. The zero-order chi connectivity index (χ0) is 12.3. The van der Waals surface area contributed by atoms with Crippen molar-refractivity contribution in [2.24, 2.45) is 5.92 Å². The minimum atomic E-state index is 0.0682. The molecular weight excluding hydrogens is 210 g/mol. The first-order valence-corrected chi connectivity index (χ1v) is 6.49. The molecule has 0 aliphatic carbocycles. The predicted molar refractivity (Wildman–Crippen MR) is 70.0 cm³/mol. The average molecular weight is 231 g/mol. The van der Waals surface area contributed by atoms with Crippen molar-refractivity contribution in [3.05, 3.63) is 35.4 Å². The van der Waals surface area contributed by atoms with Gasteiger partial charge in [0.25, 0.3) is 0 Å². The third-order valence-electron chi connectivity index (χ3n) is 3.45. The summed E-state index contributed by atoms with van der Waals surface area (Å²) in [7, 11) is 0. The number of benzene rings is 1. The largest absolute Gasteiger partial charge is 0.312 e. The lowest BCUT2D eigenvalue weighted by Crippen LogP contribution is -2.32. The van der Waals surface area contributed by atoms with Crippen LogP contribution in [0.5, 0.6) is 0 Å². The molecule has 0 saturated heterocycles. The van der Waals surface area contributed by atoms with Crippen LogP contribution in [0.4, 0.5) is 0 Å². The van der Waals surface area contributed by atoms with Crippen LogP contribution in [0.2, 0.25) is 0 Å². The Morgan fingerprint density at radius 3 is 2.94 bits per heavy atom. The van der Waals surface area contributed by atoms with Crippen molar-refractivity contribution in [3.63, 3.8) is 0 Å². The Kier molecular flexibility index (Phi) is 3.95. The van der Waals surface area contributed by atoms with Gasteiger partial charge < -0.3 is 5.32 Å². The van der Waals surface area contributed by atoms with E-state index < -0.39 is 0 Å². The maximum atomic E-state index is 12.2. The Morgan fingerprint density at radius 2 is 2.18 bits per heavy atom. The SMILES string of the molecule is CC(C)CCC(=O)C1CNCc2ccccc21. The lowest BCUT2D eigenvalue weighted by molar-refractivity contribution is -0.120. The summed E-state index contributed by atoms with van der Waals surface area (Å²) in [5.41, 5.74) is 2.52. The second-order valence-electron chi connectivity index (χ2n) is 5.28. The number of carbonyl (C=O) groups is 1. The fourth-order valence-electron chi connectivity index (χ4n) is 2.39. The van der Waals surface area contributed by atoms with Crippen molar-refractivity contribution in [2.75, 3.05) is 6.54 Å². The molecule has 1 aromatic carbocycles. The summed E-state index contributed by atoms with van der Waals surface area (Å²) >= 11 is 0. The van der Waals surface area contributed by atoms with Crippen LogP contribution in [0.15, 0.2) is 24.3 Å². The van der Waals surface area contributed by atoms with Gasteiger partial charge in [0.05, 0.1) is 5.92 Å². The molecule has 92 valence electrons. The molecule has 1 atom stereocenters. The van der Waals surface area contributed by atoms with Gasteiger partial charge in [0.1, 0.15) is 5.78 Å². The van der Waals surface area contributed by atoms with Crippen molar-refractivity contribution in [2.45, 2.75) is 39.2 Å². The van der Waals surface area contributed by atoms with E-state index in [1.54, 1.807) is 0 Å². The fraction of sp³-hybridized carbons (Fsp3) is 0.533. The van der Waals surface area contributed by atoms with Gasteiger partial charge in [-0.05, 0) is 23.5 Å². The Morgan fingerprint density at radius 1 is 1.41 bits per heavy atom. The van der Waals surface area contributed by atoms with E-state index in [0.717, 1.165) is 19.5 Å². The van der Waals surface area contributed by atoms with Crippen LogP contribution in [-0.2, 0) is 11.3 Å². The lowest BCUT2D eigenvalue weighted by Gasteiger charge is -2.25. The topological polar surface area (TPSA) is 29.1 Å². The zero-order valence-electron chi connectivity index (χ0n) is 10.7. The predicted octanol–water partition coefficient (Wildman–Crippen LogP) is 2.88. The van der Waals surface area contributed by atoms with Crippen LogP contribution >= 0.6 is 0 Å². The van der Waals surface area contributed by atoms with Crippen molar-refractivity contribution < 1.29 is 4.79 Å². The van der Waals surface area contributed by atoms with Crippen LogP contribution in [-0.4, -0.2) is 12.3 Å². The van der Waals surface area contributed by atoms with Gasteiger partial charge in [0.15, 0.2) is 0 Å². The standard InChI is InChI=1S/C15H21NO/c1-11(2)7-8-15(17)14-10-16-9-12-5-3-4-6-13(12)14/h3-6,11,14,16H,7-10H2,1-2H3. The highest BCUT2D eigenvalue weighted by atomic mass is 16.1. The molecule has 0 bridgehead atoms. The summed E-state index contributed by atoms with van der Waals surface area (Å²) in [5, 5.41) is 3.34.